The summed E-state index contributed by atoms with van der Waals surface area (Å²) >= 11 is 0. The molecule has 0 saturated heterocycles. The largest absolute Gasteiger partial charge is 0.491 e. The molecule has 0 fully saturated rings. The highest BCUT2D eigenvalue weighted by atomic mass is 16.5. The quantitative estimate of drug-likeness (QED) is 0.340. The van der Waals surface area contributed by atoms with Crippen LogP contribution in [-0.4, -0.2) is 36.2 Å². The SMILES string of the molecule is CCc1ccc(Oc2ccc(C(=O)N/C(=C\c3ccc(OC(C)C)cc3)C(=O)NCCO)cc2)cc1. The van der Waals surface area contributed by atoms with Crippen LogP contribution >= 0.6 is 0 Å². The van der Waals surface area contributed by atoms with Crippen molar-refractivity contribution in [3.63, 3.8) is 0 Å². The lowest BCUT2D eigenvalue weighted by molar-refractivity contribution is -0.117. The third-order valence-electron chi connectivity index (χ3n) is 5.14. The Kier molecular flexibility index (Phi) is 9.65. The summed E-state index contributed by atoms with van der Waals surface area (Å²) in [6.45, 7) is 5.83. The second kappa shape index (κ2) is 13.1. The lowest BCUT2D eigenvalue weighted by Gasteiger charge is -2.12. The van der Waals surface area contributed by atoms with Gasteiger partial charge in [-0.15, -0.1) is 0 Å². The third-order valence-corrected chi connectivity index (χ3v) is 5.14. The maximum absolute atomic E-state index is 12.9. The smallest absolute Gasteiger partial charge is 0.267 e. The van der Waals surface area contributed by atoms with Gasteiger partial charge < -0.3 is 25.2 Å². The zero-order chi connectivity index (χ0) is 25.9. The maximum Gasteiger partial charge on any atom is 0.267 e. The van der Waals surface area contributed by atoms with Gasteiger partial charge in [0.05, 0.1) is 12.7 Å². The first-order chi connectivity index (χ1) is 17.4. The van der Waals surface area contributed by atoms with E-state index in [0.29, 0.717) is 28.4 Å². The first-order valence-corrected chi connectivity index (χ1v) is 11.9. The molecule has 0 saturated carbocycles. The molecule has 0 aliphatic heterocycles. The zero-order valence-corrected chi connectivity index (χ0v) is 20.8. The topological polar surface area (TPSA) is 96.9 Å². The number of aliphatic hydroxyl groups excluding tert-OH is 1. The van der Waals surface area contributed by atoms with Gasteiger partial charge in [-0.3, -0.25) is 9.59 Å². The van der Waals surface area contributed by atoms with Gasteiger partial charge in [-0.2, -0.15) is 0 Å². The van der Waals surface area contributed by atoms with E-state index in [0.717, 1.165) is 6.42 Å². The Labute approximate surface area is 211 Å². The van der Waals surface area contributed by atoms with Gasteiger partial charge in [0.2, 0.25) is 0 Å². The number of carbonyl (C=O) groups excluding carboxylic acids is 2. The van der Waals surface area contributed by atoms with Crippen LogP contribution in [0.5, 0.6) is 17.2 Å². The van der Waals surface area contributed by atoms with Crippen LogP contribution in [0.15, 0.2) is 78.5 Å². The highest BCUT2D eigenvalue weighted by Gasteiger charge is 2.15. The minimum absolute atomic E-state index is 0.0453. The number of rotatable bonds is 11. The zero-order valence-electron chi connectivity index (χ0n) is 20.8. The number of amides is 2. The summed E-state index contributed by atoms with van der Waals surface area (Å²) in [7, 11) is 0. The lowest BCUT2D eigenvalue weighted by Crippen LogP contribution is -2.36. The number of ether oxygens (including phenoxy) is 2. The number of benzene rings is 3. The molecule has 0 bridgehead atoms. The molecule has 2 amide bonds. The van der Waals surface area contributed by atoms with Gasteiger partial charge in [-0.05, 0) is 86.0 Å². The molecule has 0 aliphatic rings. The molecule has 7 heteroatoms. The molecule has 7 nitrogen and oxygen atoms in total. The number of aliphatic hydroxyl groups is 1. The Hall–Kier alpha value is -4.10. The molecule has 3 aromatic rings. The van der Waals surface area contributed by atoms with Crippen molar-refractivity contribution < 1.29 is 24.2 Å². The highest BCUT2D eigenvalue weighted by Crippen LogP contribution is 2.22. The second-order valence-electron chi connectivity index (χ2n) is 8.35. The summed E-state index contributed by atoms with van der Waals surface area (Å²) in [5, 5.41) is 14.3. The molecule has 0 spiro atoms. The van der Waals surface area contributed by atoms with Crippen molar-refractivity contribution >= 4 is 17.9 Å². The molecule has 0 atom stereocenters. The number of nitrogens with one attached hydrogen (secondary N) is 2. The summed E-state index contributed by atoms with van der Waals surface area (Å²) < 4.78 is 11.5. The molecule has 3 rings (SSSR count). The Morgan fingerprint density at radius 3 is 2.03 bits per heavy atom. The minimum Gasteiger partial charge on any atom is -0.491 e. The summed E-state index contributed by atoms with van der Waals surface area (Å²) in [6, 6.07) is 21.7. The van der Waals surface area contributed by atoms with Gasteiger partial charge in [0.15, 0.2) is 0 Å². The van der Waals surface area contributed by atoms with Crippen LogP contribution in [0.2, 0.25) is 0 Å². The summed E-state index contributed by atoms with van der Waals surface area (Å²) in [6.07, 6.45) is 2.57. The minimum atomic E-state index is -0.504. The Morgan fingerprint density at radius 2 is 1.47 bits per heavy atom. The van der Waals surface area contributed by atoms with Crippen LogP contribution in [0.25, 0.3) is 6.08 Å². The van der Waals surface area contributed by atoms with E-state index < -0.39 is 11.8 Å². The monoisotopic (exact) mass is 488 g/mol. The second-order valence-corrected chi connectivity index (χ2v) is 8.35. The van der Waals surface area contributed by atoms with Crippen LogP contribution in [0.4, 0.5) is 0 Å². The van der Waals surface area contributed by atoms with E-state index in [2.05, 4.69) is 17.6 Å². The fourth-order valence-electron chi connectivity index (χ4n) is 3.30. The van der Waals surface area contributed by atoms with Crippen molar-refractivity contribution in [1.82, 2.24) is 10.6 Å². The van der Waals surface area contributed by atoms with E-state index in [9.17, 15) is 9.59 Å². The van der Waals surface area contributed by atoms with Gasteiger partial charge in [0, 0.05) is 12.1 Å². The Morgan fingerprint density at radius 1 is 0.889 bits per heavy atom. The van der Waals surface area contributed by atoms with Gasteiger partial charge in [0.1, 0.15) is 22.9 Å². The molecule has 0 radical (unpaired) electrons. The van der Waals surface area contributed by atoms with E-state index in [1.54, 1.807) is 54.6 Å². The number of hydrogen-bond acceptors (Lipinski definition) is 5. The molecule has 0 aromatic heterocycles. The first-order valence-electron chi connectivity index (χ1n) is 11.9. The van der Waals surface area contributed by atoms with Crippen LogP contribution in [0.3, 0.4) is 0 Å². The predicted octanol–water partition coefficient (Wildman–Crippen LogP) is 4.71. The average Bonchev–Trinajstić information content (AvgIpc) is 2.88. The Balaban J connectivity index is 1.72. The lowest BCUT2D eigenvalue weighted by atomic mass is 10.1. The van der Waals surface area contributed by atoms with E-state index in [1.165, 1.54) is 5.56 Å². The summed E-state index contributed by atoms with van der Waals surface area (Å²) in [4.78, 5) is 25.5. The number of aryl methyl sites for hydroxylation is 1. The van der Waals surface area contributed by atoms with Crippen LogP contribution < -0.4 is 20.1 Å². The van der Waals surface area contributed by atoms with E-state index in [1.807, 2.05) is 38.1 Å². The van der Waals surface area contributed by atoms with E-state index >= 15 is 0 Å². The van der Waals surface area contributed by atoms with Crippen LogP contribution in [0.1, 0.15) is 42.3 Å². The highest BCUT2D eigenvalue weighted by molar-refractivity contribution is 6.05. The average molecular weight is 489 g/mol. The molecule has 0 unspecified atom stereocenters. The molecule has 3 aromatic carbocycles. The van der Waals surface area contributed by atoms with E-state index in [-0.39, 0.29) is 25.0 Å². The molecule has 188 valence electrons. The van der Waals surface area contributed by atoms with Gasteiger partial charge >= 0.3 is 0 Å². The fourth-order valence-corrected chi connectivity index (χ4v) is 3.30. The number of carbonyl (C=O) groups is 2. The van der Waals surface area contributed by atoms with Gasteiger partial charge in [0.25, 0.3) is 11.8 Å². The van der Waals surface area contributed by atoms with Gasteiger partial charge in [-0.25, -0.2) is 0 Å². The molecular formula is C29H32N2O5. The third kappa shape index (κ3) is 7.99. The summed E-state index contributed by atoms with van der Waals surface area (Å²) in [5.41, 5.74) is 2.35. The maximum atomic E-state index is 12.9. The normalized spacial score (nSPS) is 11.2. The predicted molar refractivity (Wildman–Crippen MR) is 140 cm³/mol. The van der Waals surface area contributed by atoms with Crippen molar-refractivity contribution in [3.05, 3.63) is 95.2 Å². The van der Waals surface area contributed by atoms with E-state index in [4.69, 9.17) is 14.6 Å². The standard InChI is InChI=1S/C29H32N2O5/c1-4-21-5-11-25(12-6-21)36-26-15-9-23(10-16-26)28(33)31-27(29(34)30-17-18-32)19-22-7-13-24(14-8-22)35-20(2)3/h5-16,19-20,32H,4,17-18H2,1-3H3,(H,30,34)(H,31,33)/b27-19-. The molecule has 3 N–H and O–H groups in total. The molecule has 36 heavy (non-hydrogen) atoms. The molecule has 0 aliphatic carbocycles. The van der Waals surface area contributed by atoms with Crippen molar-refractivity contribution in [2.45, 2.75) is 33.3 Å². The van der Waals surface area contributed by atoms with Crippen LogP contribution in [0, 0.1) is 0 Å². The van der Waals surface area contributed by atoms with Crippen LogP contribution in [-0.2, 0) is 11.2 Å². The fraction of sp³-hybridized carbons (Fsp3) is 0.241. The molecule has 0 heterocycles. The molecular weight excluding hydrogens is 456 g/mol. The Bertz CT molecular complexity index is 1170. The first kappa shape index (κ1) is 26.5. The summed E-state index contributed by atoms with van der Waals surface area (Å²) in [5.74, 6) is 1.06. The number of hydrogen-bond donors (Lipinski definition) is 3. The van der Waals surface area contributed by atoms with Crippen molar-refractivity contribution in [2.24, 2.45) is 0 Å². The van der Waals surface area contributed by atoms with Crippen molar-refractivity contribution in [2.75, 3.05) is 13.2 Å². The van der Waals surface area contributed by atoms with Crippen molar-refractivity contribution in [3.8, 4) is 17.2 Å². The van der Waals surface area contributed by atoms with Crippen molar-refractivity contribution in [1.29, 1.82) is 0 Å². The van der Waals surface area contributed by atoms with Gasteiger partial charge in [-0.1, -0.05) is 31.2 Å².